The summed E-state index contributed by atoms with van der Waals surface area (Å²) in [5.74, 6) is 0.328. The molecule has 0 aliphatic rings. The van der Waals surface area contributed by atoms with Crippen molar-refractivity contribution in [3.05, 3.63) is 28.8 Å². The molecule has 2 aromatic heterocycles. The quantitative estimate of drug-likeness (QED) is 0.687. The van der Waals surface area contributed by atoms with Gasteiger partial charge >= 0.3 is 0 Å². The molecule has 0 atom stereocenters. The molecule has 2 rings (SSSR count). The molecule has 6 heteroatoms. The van der Waals surface area contributed by atoms with Crippen molar-refractivity contribution in [2.24, 2.45) is 0 Å². The van der Waals surface area contributed by atoms with Crippen molar-refractivity contribution < 1.29 is 4.42 Å². The first-order chi connectivity index (χ1) is 6.27. The molecule has 0 aliphatic heterocycles. The predicted octanol–water partition coefficient (Wildman–Crippen LogP) is 2.44. The number of nitrogens with zero attached hydrogens (tertiary/aromatic N) is 3. The zero-order valence-electron chi connectivity index (χ0n) is 6.24. The van der Waals surface area contributed by atoms with Crippen molar-refractivity contribution in [1.82, 2.24) is 15.2 Å². The second-order valence-electron chi connectivity index (χ2n) is 2.22. The average molecular weight is 216 g/mol. The molecule has 4 nitrogen and oxygen atoms in total. The SMILES string of the molecule is Clc1ccc(-c2nnco2)c(Cl)n1. The molecule has 0 saturated heterocycles. The lowest BCUT2D eigenvalue weighted by Gasteiger charge is -1.96. The lowest BCUT2D eigenvalue weighted by atomic mass is 10.3. The van der Waals surface area contributed by atoms with Crippen LogP contribution in [0.25, 0.3) is 11.5 Å². The minimum atomic E-state index is 0.247. The molecule has 0 aromatic carbocycles. The van der Waals surface area contributed by atoms with Crippen molar-refractivity contribution >= 4 is 23.2 Å². The Kier molecular flexibility index (Phi) is 2.16. The van der Waals surface area contributed by atoms with Crippen LogP contribution in [-0.4, -0.2) is 15.2 Å². The monoisotopic (exact) mass is 215 g/mol. The van der Waals surface area contributed by atoms with Crippen LogP contribution in [-0.2, 0) is 0 Å². The van der Waals surface area contributed by atoms with Gasteiger partial charge in [-0.2, -0.15) is 0 Å². The van der Waals surface area contributed by atoms with E-state index in [2.05, 4.69) is 15.2 Å². The smallest absolute Gasteiger partial charge is 0.250 e. The topological polar surface area (TPSA) is 51.8 Å². The molecular weight excluding hydrogens is 213 g/mol. The number of rotatable bonds is 1. The predicted molar refractivity (Wildman–Crippen MR) is 47.5 cm³/mol. The Morgan fingerprint density at radius 3 is 2.69 bits per heavy atom. The van der Waals surface area contributed by atoms with E-state index >= 15 is 0 Å². The summed E-state index contributed by atoms with van der Waals surface area (Å²) in [5, 5.41) is 7.79. The summed E-state index contributed by atoms with van der Waals surface area (Å²) in [6.07, 6.45) is 1.22. The number of hydrogen-bond donors (Lipinski definition) is 0. The Morgan fingerprint density at radius 2 is 2.08 bits per heavy atom. The lowest BCUT2D eigenvalue weighted by molar-refractivity contribution is 0.568. The fraction of sp³-hybridized carbons (Fsp3) is 0. The van der Waals surface area contributed by atoms with Crippen LogP contribution in [0, 0.1) is 0 Å². The molecule has 13 heavy (non-hydrogen) atoms. The Morgan fingerprint density at radius 1 is 1.23 bits per heavy atom. The number of pyridine rings is 1. The van der Waals surface area contributed by atoms with Crippen LogP contribution in [0.15, 0.2) is 22.9 Å². The number of hydrogen-bond acceptors (Lipinski definition) is 4. The van der Waals surface area contributed by atoms with E-state index in [-0.39, 0.29) is 5.15 Å². The zero-order valence-corrected chi connectivity index (χ0v) is 7.75. The van der Waals surface area contributed by atoms with E-state index in [9.17, 15) is 0 Å². The summed E-state index contributed by atoms with van der Waals surface area (Å²) in [4.78, 5) is 3.83. The third kappa shape index (κ3) is 1.64. The molecule has 0 unspecified atom stereocenters. The van der Waals surface area contributed by atoms with Gasteiger partial charge in [-0.25, -0.2) is 4.98 Å². The standard InChI is InChI=1S/C7H3Cl2N3O/c8-5-2-1-4(6(9)11-5)7-12-10-3-13-7/h1-3H. The van der Waals surface area contributed by atoms with Gasteiger partial charge < -0.3 is 4.42 Å². The van der Waals surface area contributed by atoms with Crippen molar-refractivity contribution in [2.75, 3.05) is 0 Å². The first kappa shape index (κ1) is 8.47. The second-order valence-corrected chi connectivity index (χ2v) is 2.96. The highest BCUT2D eigenvalue weighted by molar-refractivity contribution is 6.34. The van der Waals surface area contributed by atoms with Crippen LogP contribution < -0.4 is 0 Å². The van der Waals surface area contributed by atoms with Gasteiger partial charge in [0.2, 0.25) is 6.39 Å². The molecular formula is C7H3Cl2N3O. The molecule has 0 bridgehead atoms. The van der Waals surface area contributed by atoms with E-state index in [4.69, 9.17) is 27.6 Å². The second kappa shape index (κ2) is 3.32. The number of aromatic nitrogens is 3. The van der Waals surface area contributed by atoms with Gasteiger partial charge in [0.15, 0.2) is 0 Å². The first-order valence-corrected chi connectivity index (χ1v) is 4.11. The Labute approximate surface area is 83.5 Å². The van der Waals surface area contributed by atoms with Crippen molar-refractivity contribution in [2.45, 2.75) is 0 Å². The van der Waals surface area contributed by atoms with Gasteiger partial charge in [-0.15, -0.1) is 10.2 Å². The molecule has 0 spiro atoms. The molecule has 0 aliphatic carbocycles. The molecule has 2 heterocycles. The molecule has 0 N–H and O–H groups in total. The maximum Gasteiger partial charge on any atom is 0.250 e. The maximum absolute atomic E-state index is 5.80. The van der Waals surface area contributed by atoms with Crippen molar-refractivity contribution in [3.8, 4) is 11.5 Å². The Bertz CT molecular complexity index is 416. The molecule has 0 saturated carbocycles. The fourth-order valence-corrected chi connectivity index (χ4v) is 1.29. The van der Waals surface area contributed by atoms with Crippen LogP contribution in [0.1, 0.15) is 0 Å². The van der Waals surface area contributed by atoms with Crippen LogP contribution in [0.4, 0.5) is 0 Å². The molecule has 0 radical (unpaired) electrons. The van der Waals surface area contributed by atoms with Gasteiger partial charge in [-0.05, 0) is 12.1 Å². The minimum Gasteiger partial charge on any atom is -0.423 e. The molecule has 0 fully saturated rings. The minimum absolute atomic E-state index is 0.247. The van der Waals surface area contributed by atoms with Crippen LogP contribution in [0.3, 0.4) is 0 Å². The van der Waals surface area contributed by atoms with Gasteiger partial charge in [0.1, 0.15) is 10.3 Å². The normalized spacial score (nSPS) is 10.3. The third-order valence-electron chi connectivity index (χ3n) is 1.41. The Hall–Kier alpha value is -1.13. The maximum atomic E-state index is 5.80. The fourth-order valence-electron chi connectivity index (χ4n) is 0.862. The van der Waals surface area contributed by atoms with E-state index in [0.29, 0.717) is 16.6 Å². The molecule has 2 aromatic rings. The van der Waals surface area contributed by atoms with Crippen molar-refractivity contribution in [1.29, 1.82) is 0 Å². The van der Waals surface area contributed by atoms with E-state index in [0.717, 1.165) is 0 Å². The first-order valence-electron chi connectivity index (χ1n) is 3.36. The summed E-state index contributed by atoms with van der Waals surface area (Å²) in [7, 11) is 0. The molecule has 0 amide bonds. The Balaban J connectivity index is 2.53. The van der Waals surface area contributed by atoms with Gasteiger partial charge in [0.05, 0.1) is 5.56 Å². The van der Waals surface area contributed by atoms with Gasteiger partial charge in [-0.3, -0.25) is 0 Å². The summed E-state index contributed by atoms with van der Waals surface area (Å²) >= 11 is 11.4. The highest BCUT2D eigenvalue weighted by Crippen LogP contribution is 2.25. The molecule has 66 valence electrons. The zero-order chi connectivity index (χ0) is 9.26. The van der Waals surface area contributed by atoms with Crippen molar-refractivity contribution in [3.63, 3.8) is 0 Å². The van der Waals surface area contributed by atoms with Gasteiger partial charge in [-0.1, -0.05) is 23.2 Å². The van der Waals surface area contributed by atoms with E-state index in [1.54, 1.807) is 12.1 Å². The van der Waals surface area contributed by atoms with Crippen LogP contribution >= 0.6 is 23.2 Å². The summed E-state index contributed by atoms with van der Waals surface area (Å²) in [5.41, 5.74) is 0.573. The average Bonchev–Trinajstić information content (AvgIpc) is 2.56. The van der Waals surface area contributed by atoms with E-state index in [1.165, 1.54) is 6.39 Å². The largest absolute Gasteiger partial charge is 0.423 e. The summed E-state index contributed by atoms with van der Waals surface area (Å²) in [6, 6.07) is 3.28. The number of halogens is 2. The summed E-state index contributed by atoms with van der Waals surface area (Å²) in [6.45, 7) is 0. The third-order valence-corrected chi connectivity index (χ3v) is 1.90. The van der Waals surface area contributed by atoms with Crippen LogP contribution in [0.2, 0.25) is 10.3 Å². The summed E-state index contributed by atoms with van der Waals surface area (Å²) < 4.78 is 4.95. The van der Waals surface area contributed by atoms with Gasteiger partial charge in [0.25, 0.3) is 5.89 Å². The van der Waals surface area contributed by atoms with Gasteiger partial charge in [0, 0.05) is 0 Å². The highest BCUT2D eigenvalue weighted by Gasteiger charge is 2.09. The van der Waals surface area contributed by atoms with Crippen LogP contribution in [0.5, 0.6) is 0 Å². The highest BCUT2D eigenvalue weighted by atomic mass is 35.5. The lowest BCUT2D eigenvalue weighted by Crippen LogP contribution is -1.83. The van der Waals surface area contributed by atoms with E-state index < -0.39 is 0 Å². The van der Waals surface area contributed by atoms with E-state index in [1.807, 2.05) is 0 Å².